The number of aliphatic imine (C=N–C) groups is 1. The highest BCUT2D eigenvalue weighted by atomic mass is 16.5. The second-order valence-corrected chi connectivity index (χ2v) is 0.969. The van der Waals surface area contributed by atoms with Gasteiger partial charge in [-0.1, -0.05) is 6.08 Å². The van der Waals surface area contributed by atoms with Crippen molar-refractivity contribution in [2.45, 2.75) is 6.92 Å². The summed E-state index contributed by atoms with van der Waals surface area (Å²) in [5.41, 5.74) is 0. The van der Waals surface area contributed by atoms with Gasteiger partial charge in [0.25, 0.3) is 0 Å². The van der Waals surface area contributed by atoms with Gasteiger partial charge in [0.2, 0.25) is 0 Å². The molecule has 0 aromatic carbocycles. The summed E-state index contributed by atoms with van der Waals surface area (Å²) in [6, 6.07) is 0. The standard InChI is InChI=1S/C5H9NO/c1-3-4-7-5-6-2/h3-5H,1-2H3/b4-3-,6-5?. The molecule has 0 aromatic heterocycles. The molecule has 0 aliphatic heterocycles. The molecule has 0 N–H and O–H groups in total. The monoisotopic (exact) mass is 99.1 g/mol. The van der Waals surface area contributed by atoms with Gasteiger partial charge in [-0.25, -0.2) is 0 Å². The molecular weight excluding hydrogens is 90.1 g/mol. The molecule has 0 bridgehead atoms. The van der Waals surface area contributed by atoms with Crippen LogP contribution in [0.5, 0.6) is 0 Å². The lowest BCUT2D eigenvalue weighted by molar-refractivity contribution is 0.492. The number of ether oxygens (including phenoxy) is 1. The quantitative estimate of drug-likeness (QED) is 0.289. The van der Waals surface area contributed by atoms with Gasteiger partial charge < -0.3 is 4.74 Å². The van der Waals surface area contributed by atoms with Gasteiger partial charge in [-0.05, 0) is 6.92 Å². The maximum absolute atomic E-state index is 4.66. The Bertz CT molecular complexity index is 66.1. The average molecular weight is 99.1 g/mol. The fourth-order valence-electron chi connectivity index (χ4n) is 0.175. The van der Waals surface area contributed by atoms with Gasteiger partial charge in [-0.3, -0.25) is 4.99 Å². The van der Waals surface area contributed by atoms with Crippen molar-refractivity contribution in [3.05, 3.63) is 12.3 Å². The summed E-state index contributed by atoms with van der Waals surface area (Å²) >= 11 is 0. The molecule has 0 saturated heterocycles. The Hall–Kier alpha value is -0.790. The predicted molar refractivity (Wildman–Crippen MR) is 30.3 cm³/mol. The summed E-state index contributed by atoms with van der Waals surface area (Å²) in [4.78, 5) is 3.57. The molecule has 0 radical (unpaired) electrons. The van der Waals surface area contributed by atoms with Crippen LogP contribution in [0.2, 0.25) is 0 Å². The number of nitrogens with zero attached hydrogens (tertiary/aromatic N) is 1. The Balaban J connectivity index is 2.98. The highest BCUT2D eigenvalue weighted by Gasteiger charge is 1.58. The normalized spacial score (nSPS) is 11.1. The van der Waals surface area contributed by atoms with Crippen LogP contribution >= 0.6 is 0 Å². The van der Waals surface area contributed by atoms with Gasteiger partial charge in [0.1, 0.15) is 0 Å². The van der Waals surface area contributed by atoms with Crippen molar-refractivity contribution in [3.8, 4) is 0 Å². The summed E-state index contributed by atoms with van der Waals surface area (Å²) in [6.45, 7) is 1.88. The van der Waals surface area contributed by atoms with Crippen molar-refractivity contribution in [2.24, 2.45) is 4.99 Å². The smallest absolute Gasteiger partial charge is 0.175 e. The van der Waals surface area contributed by atoms with Gasteiger partial charge in [-0.15, -0.1) is 0 Å². The second-order valence-electron chi connectivity index (χ2n) is 0.969. The third kappa shape index (κ3) is 5.21. The van der Waals surface area contributed by atoms with Crippen molar-refractivity contribution in [1.82, 2.24) is 0 Å². The van der Waals surface area contributed by atoms with Gasteiger partial charge in [0.05, 0.1) is 6.26 Å². The van der Waals surface area contributed by atoms with Crippen molar-refractivity contribution < 1.29 is 4.74 Å². The van der Waals surface area contributed by atoms with Crippen molar-refractivity contribution in [3.63, 3.8) is 0 Å². The fourth-order valence-corrected chi connectivity index (χ4v) is 0.175. The summed E-state index contributed by atoms with van der Waals surface area (Å²) in [6.07, 6.45) is 4.73. The SMILES string of the molecule is C/C=C\OC=NC. The van der Waals surface area contributed by atoms with Gasteiger partial charge in [-0.2, -0.15) is 0 Å². The molecule has 0 atom stereocenters. The predicted octanol–water partition coefficient (Wildman–Crippen LogP) is 1.19. The molecule has 0 aliphatic rings. The lowest BCUT2D eigenvalue weighted by Crippen LogP contribution is -1.71. The summed E-state index contributed by atoms with van der Waals surface area (Å²) in [5, 5.41) is 0. The first-order valence-corrected chi connectivity index (χ1v) is 2.09. The first kappa shape index (κ1) is 6.21. The summed E-state index contributed by atoms with van der Waals surface area (Å²) in [5.74, 6) is 0. The molecule has 0 aromatic rings. The van der Waals surface area contributed by atoms with Crippen LogP contribution in [-0.4, -0.2) is 13.4 Å². The first-order chi connectivity index (χ1) is 3.41. The van der Waals surface area contributed by atoms with Crippen LogP contribution in [0.15, 0.2) is 17.3 Å². The van der Waals surface area contributed by atoms with Crippen LogP contribution in [0, 0.1) is 0 Å². The minimum atomic E-state index is 1.38. The Morgan fingerprint density at radius 3 is 2.71 bits per heavy atom. The third-order valence-electron chi connectivity index (χ3n) is 0.381. The van der Waals surface area contributed by atoms with Crippen LogP contribution in [-0.2, 0) is 4.74 Å². The van der Waals surface area contributed by atoms with Crippen molar-refractivity contribution in [2.75, 3.05) is 7.05 Å². The van der Waals surface area contributed by atoms with Crippen LogP contribution in [0.1, 0.15) is 6.92 Å². The molecule has 2 heteroatoms. The molecular formula is C5H9NO. The molecule has 7 heavy (non-hydrogen) atoms. The highest BCUT2D eigenvalue weighted by Crippen LogP contribution is 1.68. The van der Waals surface area contributed by atoms with E-state index in [0.717, 1.165) is 0 Å². The number of rotatable bonds is 2. The minimum absolute atomic E-state index is 1.38. The van der Waals surface area contributed by atoms with Gasteiger partial charge in [0.15, 0.2) is 6.40 Å². The van der Waals surface area contributed by atoms with E-state index in [1.54, 1.807) is 19.4 Å². The molecule has 0 aliphatic carbocycles. The zero-order chi connectivity index (χ0) is 5.54. The Morgan fingerprint density at radius 2 is 2.29 bits per heavy atom. The van der Waals surface area contributed by atoms with E-state index >= 15 is 0 Å². The molecule has 0 saturated carbocycles. The maximum Gasteiger partial charge on any atom is 0.175 e. The van der Waals surface area contributed by atoms with E-state index in [1.165, 1.54) is 6.40 Å². The van der Waals surface area contributed by atoms with Gasteiger partial charge >= 0.3 is 0 Å². The Morgan fingerprint density at radius 1 is 1.57 bits per heavy atom. The number of allylic oxidation sites excluding steroid dienone is 1. The molecule has 0 spiro atoms. The topological polar surface area (TPSA) is 21.6 Å². The average Bonchev–Trinajstić information content (AvgIpc) is 1.69. The van der Waals surface area contributed by atoms with Crippen molar-refractivity contribution >= 4 is 6.40 Å². The summed E-state index contributed by atoms with van der Waals surface area (Å²) < 4.78 is 4.66. The number of hydrogen-bond donors (Lipinski definition) is 0. The zero-order valence-electron chi connectivity index (χ0n) is 4.59. The van der Waals surface area contributed by atoms with Crippen LogP contribution in [0.4, 0.5) is 0 Å². The maximum atomic E-state index is 4.66. The second kappa shape index (κ2) is 5.21. The largest absolute Gasteiger partial charge is 0.454 e. The lowest BCUT2D eigenvalue weighted by Gasteiger charge is -1.81. The molecule has 0 unspecified atom stereocenters. The van der Waals surface area contributed by atoms with Crippen molar-refractivity contribution in [1.29, 1.82) is 0 Å². The lowest BCUT2D eigenvalue weighted by atomic mass is 10.7. The number of hydrogen-bond acceptors (Lipinski definition) is 2. The molecule has 0 fully saturated rings. The van der Waals surface area contributed by atoms with Crippen LogP contribution in [0.3, 0.4) is 0 Å². The highest BCUT2D eigenvalue weighted by molar-refractivity contribution is 5.46. The molecule has 0 amide bonds. The van der Waals surface area contributed by atoms with Crippen LogP contribution < -0.4 is 0 Å². The van der Waals surface area contributed by atoms with E-state index < -0.39 is 0 Å². The molecule has 0 heterocycles. The first-order valence-electron chi connectivity index (χ1n) is 2.09. The molecule has 40 valence electrons. The Labute approximate surface area is 43.5 Å². The van der Waals surface area contributed by atoms with Crippen LogP contribution in [0.25, 0.3) is 0 Å². The van der Waals surface area contributed by atoms with E-state index in [-0.39, 0.29) is 0 Å². The molecule has 0 rings (SSSR count). The van der Waals surface area contributed by atoms with E-state index in [4.69, 9.17) is 0 Å². The third-order valence-corrected chi connectivity index (χ3v) is 0.381. The fraction of sp³-hybridized carbons (Fsp3) is 0.400. The van der Waals surface area contributed by atoms with E-state index in [0.29, 0.717) is 0 Å². The Kier molecular flexibility index (Phi) is 4.62. The van der Waals surface area contributed by atoms with E-state index in [1.807, 2.05) is 6.92 Å². The van der Waals surface area contributed by atoms with E-state index in [2.05, 4.69) is 9.73 Å². The minimum Gasteiger partial charge on any atom is -0.454 e. The molecule has 2 nitrogen and oxygen atoms in total. The van der Waals surface area contributed by atoms with E-state index in [9.17, 15) is 0 Å². The zero-order valence-corrected chi connectivity index (χ0v) is 4.59. The summed E-state index contributed by atoms with van der Waals surface area (Å²) in [7, 11) is 1.66. The van der Waals surface area contributed by atoms with Gasteiger partial charge in [0, 0.05) is 7.05 Å².